The lowest BCUT2D eigenvalue weighted by molar-refractivity contribution is -0.149. The highest BCUT2D eigenvalue weighted by atomic mass is 32.2. The highest BCUT2D eigenvalue weighted by Crippen LogP contribution is 2.32. The van der Waals surface area contributed by atoms with E-state index in [0.29, 0.717) is 37.5 Å². The predicted molar refractivity (Wildman–Crippen MR) is 126 cm³/mol. The van der Waals surface area contributed by atoms with Crippen LogP contribution in [-0.4, -0.2) is 51.4 Å². The van der Waals surface area contributed by atoms with E-state index >= 15 is 0 Å². The topological polar surface area (TPSA) is 84.0 Å². The molecule has 0 bridgehead atoms. The van der Waals surface area contributed by atoms with E-state index in [2.05, 4.69) is 6.92 Å². The van der Waals surface area contributed by atoms with E-state index in [0.717, 1.165) is 24.1 Å². The van der Waals surface area contributed by atoms with Crippen molar-refractivity contribution in [2.75, 3.05) is 30.5 Å². The number of likely N-dealkylation sites (tertiary alicyclic amines) is 1. The van der Waals surface area contributed by atoms with E-state index < -0.39 is 16.0 Å². The smallest absolute Gasteiger partial charge is 0.331 e. The molecule has 0 radical (unpaired) electrons. The second-order valence-electron chi connectivity index (χ2n) is 8.55. The summed E-state index contributed by atoms with van der Waals surface area (Å²) in [5.41, 5.74) is 2.40. The molecule has 1 fully saturated rings. The lowest BCUT2D eigenvalue weighted by atomic mass is 10.0. The predicted octanol–water partition coefficient (Wildman–Crippen LogP) is 3.25. The number of amides is 1. The Bertz CT molecular complexity index is 1160. The number of carbonyl (C=O) groups is 2. The normalized spacial score (nSPS) is 18.4. The van der Waals surface area contributed by atoms with Gasteiger partial charge in [0.2, 0.25) is 0 Å². The van der Waals surface area contributed by atoms with Gasteiger partial charge in [0.25, 0.3) is 15.9 Å². The Kier molecular flexibility index (Phi) is 6.83. The molecule has 0 spiro atoms. The number of piperidine rings is 1. The molecule has 0 aliphatic carbocycles. The maximum Gasteiger partial charge on any atom is 0.331 e. The van der Waals surface area contributed by atoms with Crippen LogP contribution in [0.2, 0.25) is 0 Å². The number of nitrogens with zero attached hydrogens (tertiary/aromatic N) is 2. The summed E-state index contributed by atoms with van der Waals surface area (Å²) in [5.74, 6) is -0.328. The first kappa shape index (κ1) is 23.0. The molecule has 2 aliphatic rings. The monoisotopic (exact) mass is 468 g/mol. The summed E-state index contributed by atoms with van der Waals surface area (Å²) in [6, 6.07) is 13.8. The van der Waals surface area contributed by atoms with Crippen LogP contribution in [0.5, 0.6) is 0 Å². The Morgan fingerprint density at radius 1 is 1.09 bits per heavy atom. The summed E-state index contributed by atoms with van der Waals surface area (Å²) in [4.78, 5) is 26.1. The average Bonchev–Trinajstić information content (AvgIpc) is 3.26. The summed E-state index contributed by atoms with van der Waals surface area (Å²) in [7, 11) is -3.66. The van der Waals surface area contributed by atoms with E-state index in [9.17, 15) is 18.0 Å². The molecule has 33 heavy (non-hydrogen) atoms. The second kappa shape index (κ2) is 9.79. The average molecular weight is 469 g/mol. The molecular formula is C25H28N2O5S. The zero-order chi connectivity index (χ0) is 23.4. The zero-order valence-corrected chi connectivity index (χ0v) is 19.5. The van der Waals surface area contributed by atoms with E-state index in [-0.39, 0.29) is 17.4 Å². The third-order valence-electron chi connectivity index (χ3n) is 6.07. The number of rotatable bonds is 6. The van der Waals surface area contributed by atoms with Crippen molar-refractivity contribution >= 4 is 33.7 Å². The largest absolute Gasteiger partial charge is 0.452 e. The Morgan fingerprint density at radius 3 is 2.61 bits per heavy atom. The maximum atomic E-state index is 13.1. The van der Waals surface area contributed by atoms with Crippen LogP contribution in [0.4, 0.5) is 5.69 Å². The molecule has 4 rings (SSSR count). The number of para-hydroxylation sites is 1. The quantitative estimate of drug-likeness (QED) is 0.480. The van der Waals surface area contributed by atoms with Gasteiger partial charge in [-0.05, 0) is 60.6 Å². The van der Waals surface area contributed by atoms with Gasteiger partial charge in [0.1, 0.15) is 0 Å². The summed E-state index contributed by atoms with van der Waals surface area (Å²) in [6.07, 6.45) is 5.55. The minimum absolute atomic E-state index is 0.179. The first-order valence-corrected chi connectivity index (χ1v) is 12.6. The van der Waals surface area contributed by atoms with Crippen molar-refractivity contribution < 1.29 is 22.7 Å². The molecule has 2 heterocycles. The van der Waals surface area contributed by atoms with E-state index in [1.54, 1.807) is 17.0 Å². The van der Waals surface area contributed by atoms with Crippen LogP contribution in [-0.2, 0) is 30.8 Å². The Morgan fingerprint density at radius 2 is 1.85 bits per heavy atom. The Balaban J connectivity index is 1.34. The van der Waals surface area contributed by atoms with Gasteiger partial charge in [-0.15, -0.1) is 0 Å². The van der Waals surface area contributed by atoms with Crippen LogP contribution >= 0.6 is 0 Å². The van der Waals surface area contributed by atoms with Crippen LogP contribution in [0, 0.1) is 5.92 Å². The minimum Gasteiger partial charge on any atom is -0.452 e. The van der Waals surface area contributed by atoms with Gasteiger partial charge < -0.3 is 9.64 Å². The van der Waals surface area contributed by atoms with E-state index in [1.165, 1.54) is 28.6 Å². The van der Waals surface area contributed by atoms with Gasteiger partial charge >= 0.3 is 5.97 Å². The highest BCUT2D eigenvalue weighted by Gasteiger charge is 2.30. The Hall–Kier alpha value is -3.13. The lowest BCUT2D eigenvalue weighted by Crippen LogP contribution is -2.41. The third-order valence-corrected chi connectivity index (χ3v) is 7.90. The molecule has 174 valence electrons. The fourth-order valence-electron chi connectivity index (χ4n) is 4.29. The van der Waals surface area contributed by atoms with Crippen LogP contribution in [0.15, 0.2) is 59.5 Å². The standard InChI is InChI=1S/C25H28N2O5S/c1-19-5-4-15-26(17-19)24(28)18-32-25(29)13-10-20-8-11-22(12-9-20)33(30,31)27-16-14-21-6-2-3-7-23(21)27/h2-3,6-13,19H,4-5,14-18H2,1H3/b13-10+. The highest BCUT2D eigenvalue weighted by molar-refractivity contribution is 7.92. The number of esters is 1. The number of carbonyl (C=O) groups excluding carboxylic acids is 2. The molecule has 2 aliphatic heterocycles. The van der Waals surface area contributed by atoms with Crippen molar-refractivity contribution in [3.63, 3.8) is 0 Å². The molecule has 1 amide bonds. The number of sulfonamides is 1. The van der Waals surface area contributed by atoms with Crippen LogP contribution in [0.3, 0.4) is 0 Å². The molecule has 2 aromatic carbocycles. The van der Waals surface area contributed by atoms with Crippen molar-refractivity contribution in [1.82, 2.24) is 4.90 Å². The molecular weight excluding hydrogens is 440 g/mol. The molecule has 0 saturated carbocycles. The van der Waals surface area contributed by atoms with E-state index in [4.69, 9.17) is 4.74 Å². The van der Waals surface area contributed by atoms with Gasteiger partial charge in [0.15, 0.2) is 6.61 Å². The fraction of sp³-hybridized carbons (Fsp3) is 0.360. The van der Waals surface area contributed by atoms with Crippen molar-refractivity contribution in [3.8, 4) is 0 Å². The van der Waals surface area contributed by atoms with Crippen LogP contribution in [0.25, 0.3) is 6.08 Å². The van der Waals surface area contributed by atoms with Crippen molar-refractivity contribution in [2.45, 2.75) is 31.1 Å². The summed E-state index contributed by atoms with van der Waals surface area (Å²) < 4.78 is 32.7. The molecule has 2 aromatic rings. The maximum absolute atomic E-state index is 13.1. The lowest BCUT2D eigenvalue weighted by Gasteiger charge is -2.30. The van der Waals surface area contributed by atoms with Crippen molar-refractivity contribution in [2.24, 2.45) is 5.92 Å². The molecule has 0 aromatic heterocycles. The number of ether oxygens (including phenoxy) is 1. The number of benzene rings is 2. The van der Waals surface area contributed by atoms with Gasteiger partial charge in [-0.1, -0.05) is 37.3 Å². The van der Waals surface area contributed by atoms with Gasteiger partial charge in [0, 0.05) is 25.7 Å². The number of anilines is 1. The van der Waals surface area contributed by atoms with Crippen molar-refractivity contribution in [3.05, 3.63) is 65.7 Å². The van der Waals surface area contributed by atoms with Gasteiger partial charge in [0.05, 0.1) is 10.6 Å². The first-order valence-electron chi connectivity index (χ1n) is 11.2. The van der Waals surface area contributed by atoms with Gasteiger partial charge in [-0.25, -0.2) is 13.2 Å². The first-order chi connectivity index (χ1) is 15.8. The summed E-state index contributed by atoms with van der Waals surface area (Å²) in [5, 5.41) is 0. The molecule has 1 unspecified atom stereocenters. The van der Waals surface area contributed by atoms with E-state index in [1.807, 2.05) is 24.3 Å². The number of hydrogen-bond acceptors (Lipinski definition) is 5. The van der Waals surface area contributed by atoms with Crippen LogP contribution in [0.1, 0.15) is 30.9 Å². The number of hydrogen-bond donors (Lipinski definition) is 0. The second-order valence-corrected chi connectivity index (χ2v) is 10.4. The fourth-order valence-corrected chi connectivity index (χ4v) is 5.79. The van der Waals surface area contributed by atoms with Crippen LogP contribution < -0.4 is 4.31 Å². The summed E-state index contributed by atoms with van der Waals surface area (Å²) >= 11 is 0. The molecule has 0 N–H and O–H groups in total. The molecule has 7 nitrogen and oxygen atoms in total. The minimum atomic E-state index is -3.66. The van der Waals surface area contributed by atoms with Gasteiger partial charge in [-0.3, -0.25) is 9.10 Å². The third kappa shape index (κ3) is 5.27. The SMILES string of the molecule is CC1CCCN(C(=O)COC(=O)/C=C/c2ccc(S(=O)(=O)N3CCc4ccccc43)cc2)C1. The zero-order valence-electron chi connectivity index (χ0n) is 18.6. The molecule has 1 saturated heterocycles. The summed E-state index contributed by atoms with van der Waals surface area (Å²) in [6.45, 7) is 3.66. The van der Waals surface area contributed by atoms with Gasteiger partial charge in [-0.2, -0.15) is 0 Å². The number of fused-ring (bicyclic) bond motifs is 1. The molecule has 8 heteroatoms. The molecule has 1 atom stereocenters. The van der Waals surface area contributed by atoms with Crippen molar-refractivity contribution in [1.29, 1.82) is 0 Å². The Labute approximate surface area is 194 Å².